The van der Waals surface area contributed by atoms with Gasteiger partial charge in [0.15, 0.2) is 0 Å². The molecule has 2 N–H and O–H groups in total. The number of nitrogens with zero attached hydrogens (tertiary/aromatic N) is 1. The zero-order chi connectivity index (χ0) is 18.4. The average Bonchev–Trinajstić information content (AvgIpc) is 3.40. The van der Waals surface area contributed by atoms with Crippen LogP contribution in [0.4, 0.5) is 0 Å². The van der Waals surface area contributed by atoms with Gasteiger partial charge in [-0.2, -0.15) is 0 Å². The maximum atomic E-state index is 10.5. The standard InChI is InChI=1S/C22H30N2O2/c1-2-18(12-16-6-4-3-5-7-16)20-13-21(20)24-19-10-8-17(9-11-19)14-23-15-22(25)26/h3-7,12,14,17,19-21,24H,2,8-11,13,15H2,1H3,(H,25,26)/b18-12+,23-14+/t17?,19?,20-,21+/m0/s1. The predicted molar refractivity (Wildman–Crippen MR) is 106 cm³/mol. The zero-order valence-electron chi connectivity index (χ0n) is 15.6. The van der Waals surface area contributed by atoms with E-state index < -0.39 is 5.97 Å². The van der Waals surface area contributed by atoms with Crippen LogP contribution in [0.1, 0.15) is 51.0 Å². The molecule has 1 aromatic rings. The van der Waals surface area contributed by atoms with Crippen LogP contribution >= 0.6 is 0 Å². The van der Waals surface area contributed by atoms with Crippen LogP contribution in [0.3, 0.4) is 0 Å². The van der Waals surface area contributed by atoms with Gasteiger partial charge in [-0.15, -0.1) is 0 Å². The van der Waals surface area contributed by atoms with E-state index in [2.05, 4.69) is 53.6 Å². The Morgan fingerprint density at radius 1 is 1.23 bits per heavy atom. The van der Waals surface area contributed by atoms with Crippen molar-refractivity contribution >= 4 is 18.3 Å². The highest BCUT2D eigenvalue weighted by Crippen LogP contribution is 2.41. The minimum atomic E-state index is -0.855. The lowest BCUT2D eigenvalue weighted by molar-refractivity contribution is -0.135. The first-order valence-corrected chi connectivity index (χ1v) is 9.89. The fourth-order valence-corrected chi connectivity index (χ4v) is 4.04. The maximum absolute atomic E-state index is 10.5. The molecule has 2 fully saturated rings. The Bertz CT molecular complexity index is 645. The number of rotatable bonds is 8. The Hall–Kier alpha value is -1.94. The molecule has 140 valence electrons. The minimum absolute atomic E-state index is 0.102. The highest BCUT2D eigenvalue weighted by Gasteiger charge is 2.40. The fourth-order valence-electron chi connectivity index (χ4n) is 4.04. The second kappa shape index (κ2) is 9.13. The predicted octanol–water partition coefficient (Wildman–Crippen LogP) is 4.17. The van der Waals surface area contributed by atoms with Gasteiger partial charge in [0.25, 0.3) is 0 Å². The molecule has 0 radical (unpaired) electrons. The second-order valence-electron chi connectivity index (χ2n) is 7.59. The number of aliphatic imine (C=N–C) groups is 1. The van der Waals surface area contributed by atoms with Crippen LogP contribution in [0.2, 0.25) is 0 Å². The smallest absolute Gasteiger partial charge is 0.325 e. The molecule has 3 rings (SSSR count). The molecule has 0 unspecified atom stereocenters. The molecule has 2 aliphatic rings. The third kappa shape index (κ3) is 5.53. The van der Waals surface area contributed by atoms with E-state index in [1.54, 1.807) is 5.57 Å². The number of hydrogen-bond donors (Lipinski definition) is 2. The lowest BCUT2D eigenvalue weighted by Crippen LogP contribution is -2.35. The SMILES string of the molecule is CC/C(=C\c1ccccc1)[C@@H]1C[C@H]1NC1CCC(/C=N/CC(=O)O)CC1. The molecule has 2 aliphatic carbocycles. The number of nitrogens with one attached hydrogen (secondary N) is 1. The number of benzene rings is 1. The molecule has 0 saturated heterocycles. The molecule has 0 heterocycles. The van der Waals surface area contributed by atoms with E-state index in [4.69, 9.17) is 5.11 Å². The van der Waals surface area contributed by atoms with Crippen molar-refractivity contribution in [3.63, 3.8) is 0 Å². The van der Waals surface area contributed by atoms with E-state index in [-0.39, 0.29) is 6.54 Å². The topological polar surface area (TPSA) is 61.7 Å². The van der Waals surface area contributed by atoms with Crippen molar-refractivity contribution in [2.45, 2.75) is 57.5 Å². The quantitative estimate of drug-likeness (QED) is 0.689. The summed E-state index contributed by atoms with van der Waals surface area (Å²) in [5, 5.41) is 12.5. The van der Waals surface area contributed by atoms with Gasteiger partial charge in [-0.05, 0) is 55.9 Å². The van der Waals surface area contributed by atoms with Gasteiger partial charge in [0.2, 0.25) is 0 Å². The zero-order valence-corrected chi connectivity index (χ0v) is 15.6. The van der Waals surface area contributed by atoms with Crippen molar-refractivity contribution in [1.29, 1.82) is 0 Å². The van der Waals surface area contributed by atoms with Crippen LogP contribution < -0.4 is 5.32 Å². The molecule has 0 spiro atoms. The summed E-state index contributed by atoms with van der Waals surface area (Å²) in [6.07, 6.45) is 11.1. The van der Waals surface area contributed by atoms with E-state index in [0.717, 1.165) is 32.1 Å². The summed E-state index contributed by atoms with van der Waals surface area (Å²) in [7, 11) is 0. The first kappa shape index (κ1) is 18.8. The molecule has 0 aromatic heterocycles. The molecule has 1 aromatic carbocycles. The van der Waals surface area contributed by atoms with Gasteiger partial charge in [0, 0.05) is 18.3 Å². The third-order valence-corrected chi connectivity index (χ3v) is 5.59. The molecule has 0 bridgehead atoms. The molecule has 2 saturated carbocycles. The van der Waals surface area contributed by atoms with Crippen LogP contribution in [-0.4, -0.2) is 35.9 Å². The van der Waals surface area contributed by atoms with Gasteiger partial charge in [-0.25, -0.2) is 0 Å². The Kier molecular flexibility index (Phi) is 6.62. The molecule has 4 nitrogen and oxygen atoms in total. The van der Waals surface area contributed by atoms with Gasteiger partial charge >= 0.3 is 5.97 Å². The molecule has 0 aliphatic heterocycles. The van der Waals surface area contributed by atoms with Gasteiger partial charge in [0.05, 0.1) is 0 Å². The summed E-state index contributed by atoms with van der Waals surface area (Å²) < 4.78 is 0. The Labute approximate surface area is 156 Å². The van der Waals surface area contributed by atoms with Crippen LogP contribution in [0, 0.1) is 11.8 Å². The summed E-state index contributed by atoms with van der Waals surface area (Å²) in [5.74, 6) is 0.285. The first-order valence-electron chi connectivity index (χ1n) is 9.89. The van der Waals surface area contributed by atoms with Crippen molar-refractivity contribution in [2.24, 2.45) is 16.8 Å². The van der Waals surface area contributed by atoms with E-state index in [9.17, 15) is 4.79 Å². The Balaban J connectivity index is 1.43. The minimum Gasteiger partial charge on any atom is -0.480 e. The molecule has 4 heteroatoms. The average molecular weight is 354 g/mol. The Morgan fingerprint density at radius 3 is 2.62 bits per heavy atom. The maximum Gasteiger partial charge on any atom is 0.325 e. The van der Waals surface area contributed by atoms with Crippen LogP contribution in [0.25, 0.3) is 6.08 Å². The highest BCUT2D eigenvalue weighted by atomic mass is 16.4. The van der Waals surface area contributed by atoms with Gasteiger partial charge < -0.3 is 10.4 Å². The van der Waals surface area contributed by atoms with Crippen molar-refractivity contribution in [3.8, 4) is 0 Å². The number of carboxylic acid groups (broad SMARTS) is 1. The van der Waals surface area contributed by atoms with E-state index in [1.807, 2.05) is 6.21 Å². The molecular formula is C22H30N2O2. The molecular weight excluding hydrogens is 324 g/mol. The molecule has 0 amide bonds. The van der Waals surface area contributed by atoms with E-state index >= 15 is 0 Å². The van der Waals surface area contributed by atoms with Gasteiger partial charge in [0.1, 0.15) is 6.54 Å². The van der Waals surface area contributed by atoms with E-state index in [1.165, 1.54) is 12.0 Å². The highest BCUT2D eigenvalue weighted by molar-refractivity contribution is 5.72. The van der Waals surface area contributed by atoms with Crippen molar-refractivity contribution < 1.29 is 9.90 Å². The lowest BCUT2D eigenvalue weighted by Gasteiger charge is -2.27. The van der Waals surface area contributed by atoms with Crippen LogP contribution in [0.5, 0.6) is 0 Å². The summed E-state index contributed by atoms with van der Waals surface area (Å²) in [4.78, 5) is 14.5. The fraction of sp³-hybridized carbons (Fsp3) is 0.545. The van der Waals surface area contributed by atoms with Gasteiger partial charge in [-0.3, -0.25) is 9.79 Å². The second-order valence-corrected chi connectivity index (χ2v) is 7.59. The summed E-state index contributed by atoms with van der Waals surface area (Å²) >= 11 is 0. The third-order valence-electron chi connectivity index (χ3n) is 5.59. The monoisotopic (exact) mass is 354 g/mol. The normalized spacial score (nSPS) is 29.0. The number of hydrogen-bond acceptors (Lipinski definition) is 3. The number of carbonyl (C=O) groups is 1. The number of aliphatic carboxylic acids is 1. The van der Waals surface area contributed by atoms with Crippen molar-refractivity contribution in [1.82, 2.24) is 5.32 Å². The summed E-state index contributed by atoms with van der Waals surface area (Å²) in [6, 6.07) is 11.8. The Morgan fingerprint density at radius 2 is 1.96 bits per heavy atom. The van der Waals surface area contributed by atoms with Crippen LogP contribution in [0.15, 0.2) is 40.9 Å². The van der Waals surface area contributed by atoms with Crippen LogP contribution in [-0.2, 0) is 4.79 Å². The lowest BCUT2D eigenvalue weighted by atomic mass is 9.86. The molecule has 26 heavy (non-hydrogen) atoms. The first-order chi connectivity index (χ1) is 12.7. The summed E-state index contributed by atoms with van der Waals surface area (Å²) in [5.41, 5.74) is 2.86. The van der Waals surface area contributed by atoms with Crippen molar-refractivity contribution in [3.05, 3.63) is 41.5 Å². The largest absolute Gasteiger partial charge is 0.480 e. The molecule has 2 atom stereocenters. The van der Waals surface area contributed by atoms with E-state index in [0.29, 0.717) is 23.9 Å². The van der Waals surface area contributed by atoms with Gasteiger partial charge in [-0.1, -0.05) is 48.9 Å². The number of carboxylic acids is 1. The summed E-state index contributed by atoms with van der Waals surface area (Å²) in [6.45, 7) is 2.15. The van der Waals surface area contributed by atoms with Crippen molar-refractivity contribution in [2.75, 3.05) is 6.54 Å².